The number of aliphatic hydroxyl groups is 1. The Morgan fingerprint density at radius 1 is 1.23 bits per heavy atom. The minimum Gasteiger partial charge on any atom is -0.496 e. The number of pyridine rings is 1. The Morgan fingerprint density at radius 3 is 2.66 bits per heavy atom. The Balaban J connectivity index is 1.81. The zero-order valence-corrected chi connectivity index (χ0v) is 21.2. The minimum absolute atomic E-state index is 0.200. The number of fused-ring (bicyclic) bond motifs is 1. The van der Waals surface area contributed by atoms with Crippen LogP contribution in [0.3, 0.4) is 0 Å². The van der Waals surface area contributed by atoms with Crippen LogP contribution in [-0.2, 0) is 6.18 Å². The summed E-state index contributed by atoms with van der Waals surface area (Å²) in [4.78, 5) is 18.2. The molecule has 3 aromatic rings. The monoisotopic (exact) mass is 544 g/mol. The SMILES string of the molecule is COc1ccc(Cl)cc1-c1c(SCC(O)CN2CCSCC2)c(=O)[nH]c2ccc(C(F)(F)F)cc12. The van der Waals surface area contributed by atoms with E-state index < -0.39 is 23.4 Å². The summed E-state index contributed by atoms with van der Waals surface area (Å²) in [6.45, 7) is 2.23. The number of aromatic nitrogens is 1. The summed E-state index contributed by atoms with van der Waals surface area (Å²) in [7, 11) is 1.44. The molecule has 1 aliphatic heterocycles. The lowest BCUT2D eigenvalue weighted by Crippen LogP contribution is -2.39. The van der Waals surface area contributed by atoms with Crippen molar-refractivity contribution >= 4 is 46.0 Å². The quantitative estimate of drug-likeness (QED) is 0.390. The van der Waals surface area contributed by atoms with Gasteiger partial charge in [0.05, 0.1) is 23.7 Å². The van der Waals surface area contributed by atoms with E-state index in [1.54, 1.807) is 18.2 Å². The van der Waals surface area contributed by atoms with Gasteiger partial charge in [0.2, 0.25) is 0 Å². The van der Waals surface area contributed by atoms with Crippen LogP contribution >= 0.6 is 35.1 Å². The fraction of sp³-hybridized carbons (Fsp3) is 0.375. The second kappa shape index (κ2) is 11.0. The van der Waals surface area contributed by atoms with E-state index in [1.807, 2.05) is 11.8 Å². The molecular formula is C24H24ClF3N2O3S2. The number of aliphatic hydroxyl groups excluding tert-OH is 1. The van der Waals surface area contributed by atoms with E-state index in [9.17, 15) is 23.1 Å². The van der Waals surface area contributed by atoms with Gasteiger partial charge in [-0.1, -0.05) is 11.6 Å². The summed E-state index contributed by atoms with van der Waals surface area (Å²) in [6, 6.07) is 7.99. The number of β-amino-alcohol motifs (C(OH)–C–C–N with tert-alkyl or cyclic N) is 1. The molecule has 188 valence electrons. The number of benzene rings is 2. The topological polar surface area (TPSA) is 65.6 Å². The summed E-state index contributed by atoms with van der Waals surface area (Å²) < 4.78 is 46.1. The number of aromatic amines is 1. The van der Waals surface area contributed by atoms with Crippen molar-refractivity contribution in [3.05, 3.63) is 57.3 Å². The van der Waals surface area contributed by atoms with Crippen LogP contribution in [0.5, 0.6) is 5.75 Å². The molecule has 5 nitrogen and oxygen atoms in total. The van der Waals surface area contributed by atoms with Crippen LogP contribution in [0, 0.1) is 0 Å². The summed E-state index contributed by atoms with van der Waals surface area (Å²) in [5.41, 5.74) is -0.337. The van der Waals surface area contributed by atoms with Crippen molar-refractivity contribution in [1.29, 1.82) is 0 Å². The highest BCUT2D eigenvalue weighted by Crippen LogP contribution is 2.42. The Bertz CT molecular complexity index is 1260. The van der Waals surface area contributed by atoms with Crippen molar-refractivity contribution in [2.45, 2.75) is 17.2 Å². The highest BCUT2D eigenvalue weighted by atomic mass is 35.5. The third-order valence-electron chi connectivity index (χ3n) is 5.72. The normalized spacial score (nSPS) is 15.9. The first-order chi connectivity index (χ1) is 16.7. The smallest absolute Gasteiger partial charge is 0.416 e. The zero-order chi connectivity index (χ0) is 25.2. The molecule has 0 saturated carbocycles. The first-order valence-electron chi connectivity index (χ1n) is 10.9. The number of rotatable bonds is 7. The Hall–Kier alpha value is -1.85. The number of hydrogen-bond donors (Lipinski definition) is 2. The molecule has 1 unspecified atom stereocenters. The minimum atomic E-state index is -4.56. The van der Waals surface area contributed by atoms with Gasteiger partial charge < -0.3 is 14.8 Å². The molecular weight excluding hydrogens is 521 g/mol. The Labute approximate surface area is 214 Å². The maximum absolute atomic E-state index is 13.6. The van der Waals surface area contributed by atoms with E-state index in [0.717, 1.165) is 48.5 Å². The van der Waals surface area contributed by atoms with Crippen LogP contribution in [0.4, 0.5) is 13.2 Å². The highest BCUT2D eigenvalue weighted by Gasteiger charge is 2.31. The largest absolute Gasteiger partial charge is 0.496 e. The van der Waals surface area contributed by atoms with E-state index in [0.29, 0.717) is 28.4 Å². The highest BCUT2D eigenvalue weighted by molar-refractivity contribution is 7.99. The van der Waals surface area contributed by atoms with Gasteiger partial charge in [0.1, 0.15) is 5.75 Å². The van der Waals surface area contributed by atoms with Crippen molar-refractivity contribution in [2.75, 3.05) is 44.0 Å². The number of H-pyrrole nitrogens is 1. The van der Waals surface area contributed by atoms with Crippen LogP contribution in [0.15, 0.2) is 46.1 Å². The maximum atomic E-state index is 13.6. The van der Waals surface area contributed by atoms with Crippen LogP contribution in [0.2, 0.25) is 5.02 Å². The molecule has 1 atom stereocenters. The van der Waals surface area contributed by atoms with Gasteiger partial charge in [-0.25, -0.2) is 0 Å². The van der Waals surface area contributed by atoms with E-state index in [-0.39, 0.29) is 21.6 Å². The van der Waals surface area contributed by atoms with Crippen LogP contribution in [-0.4, -0.2) is 65.1 Å². The first-order valence-corrected chi connectivity index (χ1v) is 13.4. The second-order valence-electron chi connectivity index (χ2n) is 8.14. The third kappa shape index (κ3) is 6.11. The summed E-state index contributed by atoms with van der Waals surface area (Å²) >= 11 is 9.21. The van der Waals surface area contributed by atoms with Crippen molar-refractivity contribution in [2.24, 2.45) is 0 Å². The van der Waals surface area contributed by atoms with Crippen molar-refractivity contribution in [3.63, 3.8) is 0 Å². The fourth-order valence-electron chi connectivity index (χ4n) is 4.05. The maximum Gasteiger partial charge on any atom is 0.416 e. The fourth-order valence-corrected chi connectivity index (χ4v) is 6.21. The first kappa shape index (κ1) is 26.2. The molecule has 1 aromatic heterocycles. The molecule has 0 amide bonds. The van der Waals surface area contributed by atoms with Gasteiger partial charge in [0, 0.05) is 63.9 Å². The van der Waals surface area contributed by atoms with Gasteiger partial charge in [0.25, 0.3) is 5.56 Å². The lowest BCUT2D eigenvalue weighted by molar-refractivity contribution is -0.137. The molecule has 11 heteroatoms. The molecule has 0 spiro atoms. The predicted octanol–water partition coefficient (Wildman–Crippen LogP) is 5.38. The van der Waals surface area contributed by atoms with E-state index in [1.165, 1.54) is 13.2 Å². The third-order valence-corrected chi connectivity index (χ3v) is 8.13. The van der Waals surface area contributed by atoms with E-state index in [4.69, 9.17) is 16.3 Å². The lowest BCUT2D eigenvalue weighted by Gasteiger charge is -2.28. The van der Waals surface area contributed by atoms with Crippen molar-refractivity contribution in [3.8, 4) is 16.9 Å². The molecule has 4 rings (SSSR count). The Morgan fingerprint density at radius 2 is 1.97 bits per heavy atom. The summed E-state index contributed by atoms with van der Waals surface area (Å²) in [5, 5.41) is 11.2. The molecule has 2 heterocycles. The van der Waals surface area contributed by atoms with Gasteiger partial charge >= 0.3 is 6.18 Å². The van der Waals surface area contributed by atoms with Gasteiger partial charge in [0.15, 0.2) is 0 Å². The number of ether oxygens (including phenoxy) is 1. The number of alkyl halides is 3. The molecule has 35 heavy (non-hydrogen) atoms. The zero-order valence-electron chi connectivity index (χ0n) is 18.8. The summed E-state index contributed by atoms with van der Waals surface area (Å²) in [5.74, 6) is 2.58. The van der Waals surface area contributed by atoms with Crippen LogP contribution < -0.4 is 10.3 Å². The number of methoxy groups -OCH3 is 1. The van der Waals surface area contributed by atoms with Gasteiger partial charge in [-0.3, -0.25) is 9.69 Å². The Kier molecular flexibility index (Phi) is 8.27. The number of thioether (sulfide) groups is 2. The molecule has 2 aromatic carbocycles. The van der Waals surface area contributed by atoms with Crippen molar-refractivity contribution < 1.29 is 23.0 Å². The van der Waals surface area contributed by atoms with Crippen LogP contribution in [0.1, 0.15) is 5.56 Å². The number of halogens is 4. The van der Waals surface area contributed by atoms with Crippen LogP contribution in [0.25, 0.3) is 22.0 Å². The van der Waals surface area contributed by atoms with Crippen molar-refractivity contribution in [1.82, 2.24) is 9.88 Å². The second-order valence-corrected chi connectivity index (χ2v) is 10.8. The molecule has 2 N–H and O–H groups in total. The van der Waals surface area contributed by atoms with Gasteiger partial charge in [-0.05, 0) is 36.4 Å². The van der Waals surface area contributed by atoms with Gasteiger partial charge in [-0.15, -0.1) is 11.8 Å². The summed E-state index contributed by atoms with van der Waals surface area (Å²) in [6.07, 6.45) is -5.27. The molecule has 1 saturated heterocycles. The van der Waals surface area contributed by atoms with E-state index in [2.05, 4.69) is 9.88 Å². The predicted molar refractivity (Wildman–Crippen MR) is 137 cm³/mol. The molecule has 1 fully saturated rings. The molecule has 1 aliphatic rings. The number of nitrogens with zero attached hydrogens (tertiary/aromatic N) is 1. The molecule has 0 radical (unpaired) electrons. The number of hydrogen-bond acceptors (Lipinski definition) is 6. The van der Waals surface area contributed by atoms with E-state index >= 15 is 0 Å². The lowest BCUT2D eigenvalue weighted by atomic mass is 9.98. The number of nitrogens with one attached hydrogen (secondary N) is 1. The van der Waals surface area contributed by atoms with Gasteiger partial charge in [-0.2, -0.15) is 24.9 Å². The molecule has 0 aliphatic carbocycles. The average molecular weight is 545 g/mol. The average Bonchev–Trinajstić information content (AvgIpc) is 2.82. The standard InChI is InChI=1S/C24H24ClF3N2O3S2/c1-33-20-5-3-15(25)11-18(20)21-17-10-14(24(26,27)28)2-4-19(17)29-23(32)22(21)35-13-16(31)12-30-6-8-34-9-7-30/h2-5,10-11,16,31H,6-9,12-13H2,1H3,(H,29,32). The molecule has 0 bridgehead atoms.